The molecule has 2 heterocycles. The molecular formula is C11H14N4O. The molecule has 2 rings (SSSR count). The van der Waals surface area contributed by atoms with Gasteiger partial charge in [-0.1, -0.05) is 13.8 Å². The SMILES string of the molecule is CC(C)c1[nH]nc2cc(CC(N)=O)ncc12. The molecule has 5 heteroatoms. The Labute approximate surface area is 93.1 Å². The second kappa shape index (κ2) is 3.92. The van der Waals surface area contributed by atoms with Crippen molar-refractivity contribution >= 4 is 16.8 Å². The molecule has 0 radical (unpaired) electrons. The Balaban J connectivity index is 2.45. The van der Waals surface area contributed by atoms with E-state index in [1.54, 1.807) is 12.3 Å². The Hall–Kier alpha value is -1.91. The van der Waals surface area contributed by atoms with Gasteiger partial charge in [0.25, 0.3) is 0 Å². The van der Waals surface area contributed by atoms with Crippen LogP contribution in [0.3, 0.4) is 0 Å². The second-order valence-corrected chi connectivity index (χ2v) is 4.13. The van der Waals surface area contributed by atoms with Crippen LogP contribution in [0.25, 0.3) is 10.9 Å². The fraction of sp³-hybridized carbons (Fsp3) is 0.364. The summed E-state index contributed by atoms with van der Waals surface area (Å²) >= 11 is 0. The van der Waals surface area contributed by atoms with Gasteiger partial charge in [0.2, 0.25) is 5.91 Å². The summed E-state index contributed by atoms with van der Waals surface area (Å²) in [6, 6.07) is 1.79. The summed E-state index contributed by atoms with van der Waals surface area (Å²) in [5.41, 5.74) is 7.66. The number of carbonyl (C=O) groups excluding carboxylic acids is 1. The largest absolute Gasteiger partial charge is 0.369 e. The van der Waals surface area contributed by atoms with E-state index in [2.05, 4.69) is 29.0 Å². The Morgan fingerprint density at radius 1 is 1.56 bits per heavy atom. The lowest BCUT2D eigenvalue weighted by Crippen LogP contribution is -2.14. The first kappa shape index (κ1) is 10.6. The van der Waals surface area contributed by atoms with E-state index in [9.17, 15) is 4.79 Å². The molecule has 0 saturated heterocycles. The van der Waals surface area contributed by atoms with Gasteiger partial charge in [0.15, 0.2) is 0 Å². The zero-order valence-electron chi connectivity index (χ0n) is 9.32. The minimum atomic E-state index is -0.383. The topological polar surface area (TPSA) is 84.7 Å². The Morgan fingerprint density at radius 2 is 2.31 bits per heavy atom. The summed E-state index contributed by atoms with van der Waals surface area (Å²) in [5.74, 6) is -0.0136. The van der Waals surface area contributed by atoms with Gasteiger partial charge in [0, 0.05) is 17.3 Å². The maximum atomic E-state index is 10.8. The van der Waals surface area contributed by atoms with E-state index in [0.717, 1.165) is 16.6 Å². The number of nitrogens with zero attached hydrogens (tertiary/aromatic N) is 2. The maximum absolute atomic E-state index is 10.8. The predicted molar refractivity (Wildman–Crippen MR) is 60.9 cm³/mol. The fourth-order valence-corrected chi connectivity index (χ4v) is 1.68. The van der Waals surface area contributed by atoms with Crippen LogP contribution in [-0.2, 0) is 11.2 Å². The molecule has 3 N–H and O–H groups in total. The van der Waals surface area contributed by atoms with Crippen molar-refractivity contribution in [1.82, 2.24) is 15.2 Å². The average molecular weight is 218 g/mol. The molecule has 16 heavy (non-hydrogen) atoms. The van der Waals surface area contributed by atoms with E-state index in [4.69, 9.17) is 5.73 Å². The molecule has 0 bridgehead atoms. The van der Waals surface area contributed by atoms with Gasteiger partial charge in [-0.25, -0.2) is 0 Å². The van der Waals surface area contributed by atoms with Crippen LogP contribution in [0.1, 0.15) is 31.2 Å². The van der Waals surface area contributed by atoms with Crippen LogP contribution in [-0.4, -0.2) is 21.1 Å². The number of H-pyrrole nitrogens is 1. The number of fused-ring (bicyclic) bond motifs is 1. The van der Waals surface area contributed by atoms with Crippen molar-refractivity contribution in [3.8, 4) is 0 Å². The first-order valence-corrected chi connectivity index (χ1v) is 5.19. The van der Waals surface area contributed by atoms with Crippen LogP contribution < -0.4 is 5.73 Å². The van der Waals surface area contributed by atoms with Crippen molar-refractivity contribution in [2.75, 3.05) is 0 Å². The number of carbonyl (C=O) groups is 1. The van der Waals surface area contributed by atoms with Gasteiger partial charge in [0.05, 0.1) is 17.6 Å². The quantitative estimate of drug-likeness (QED) is 0.809. The van der Waals surface area contributed by atoms with Crippen LogP contribution in [0.15, 0.2) is 12.3 Å². The van der Waals surface area contributed by atoms with Gasteiger partial charge in [-0.3, -0.25) is 14.9 Å². The third-order valence-electron chi connectivity index (χ3n) is 2.46. The third kappa shape index (κ3) is 1.88. The molecule has 0 fully saturated rings. The van der Waals surface area contributed by atoms with E-state index in [-0.39, 0.29) is 12.3 Å². The minimum Gasteiger partial charge on any atom is -0.369 e. The van der Waals surface area contributed by atoms with Crippen molar-refractivity contribution < 1.29 is 4.79 Å². The van der Waals surface area contributed by atoms with Crippen molar-refractivity contribution in [3.63, 3.8) is 0 Å². The molecule has 84 valence electrons. The van der Waals surface area contributed by atoms with Crippen LogP contribution in [0.5, 0.6) is 0 Å². The van der Waals surface area contributed by atoms with E-state index < -0.39 is 0 Å². The number of nitrogens with one attached hydrogen (secondary N) is 1. The summed E-state index contributed by atoms with van der Waals surface area (Å²) in [4.78, 5) is 15.0. The maximum Gasteiger partial charge on any atom is 0.223 e. The average Bonchev–Trinajstić information content (AvgIpc) is 2.59. The number of hydrogen-bond donors (Lipinski definition) is 2. The number of pyridine rings is 1. The summed E-state index contributed by atoms with van der Waals surface area (Å²) < 4.78 is 0. The molecule has 5 nitrogen and oxygen atoms in total. The highest BCUT2D eigenvalue weighted by molar-refractivity contribution is 5.83. The molecule has 0 aliphatic heterocycles. The second-order valence-electron chi connectivity index (χ2n) is 4.13. The van der Waals surface area contributed by atoms with Crippen LogP contribution in [0.2, 0.25) is 0 Å². The number of amides is 1. The van der Waals surface area contributed by atoms with Crippen molar-refractivity contribution in [2.45, 2.75) is 26.2 Å². The molecule has 0 saturated carbocycles. The predicted octanol–water partition coefficient (Wildman–Crippen LogP) is 1.11. The Bertz CT molecular complexity index is 530. The highest BCUT2D eigenvalue weighted by Crippen LogP contribution is 2.22. The van der Waals surface area contributed by atoms with Crippen molar-refractivity contribution in [1.29, 1.82) is 0 Å². The van der Waals surface area contributed by atoms with E-state index >= 15 is 0 Å². The minimum absolute atomic E-state index is 0.153. The zero-order chi connectivity index (χ0) is 11.7. The molecule has 1 amide bonds. The lowest BCUT2D eigenvalue weighted by Gasteiger charge is -2.01. The lowest BCUT2D eigenvalue weighted by molar-refractivity contribution is -0.117. The zero-order valence-corrected chi connectivity index (χ0v) is 9.32. The number of aromatic amines is 1. The first-order chi connectivity index (χ1) is 7.58. The molecule has 0 aromatic carbocycles. The number of hydrogen-bond acceptors (Lipinski definition) is 3. The molecule has 0 atom stereocenters. The van der Waals surface area contributed by atoms with Crippen molar-refractivity contribution in [3.05, 3.63) is 23.7 Å². The molecule has 0 spiro atoms. The summed E-state index contributed by atoms with van der Waals surface area (Å²) in [5, 5.41) is 8.18. The van der Waals surface area contributed by atoms with E-state index in [0.29, 0.717) is 11.6 Å². The number of nitrogens with two attached hydrogens (primary N) is 1. The Morgan fingerprint density at radius 3 is 2.94 bits per heavy atom. The fourth-order valence-electron chi connectivity index (χ4n) is 1.68. The summed E-state index contributed by atoms with van der Waals surface area (Å²) in [6.07, 6.45) is 1.90. The van der Waals surface area contributed by atoms with Crippen LogP contribution in [0, 0.1) is 0 Å². The molecule has 0 aliphatic carbocycles. The Kier molecular flexibility index (Phi) is 2.60. The molecule has 2 aromatic heterocycles. The van der Waals surface area contributed by atoms with Gasteiger partial charge in [-0.05, 0) is 12.0 Å². The number of aromatic nitrogens is 3. The van der Waals surface area contributed by atoms with Crippen LogP contribution >= 0.6 is 0 Å². The first-order valence-electron chi connectivity index (χ1n) is 5.19. The van der Waals surface area contributed by atoms with Gasteiger partial charge in [-0.2, -0.15) is 5.10 Å². The number of rotatable bonds is 3. The summed E-state index contributed by atoms with van der Waals surface area (Å²) in [7, 11) is 0. The number of primary amides is 1. The van der Waals surface area contributed by atoms with Gasteiger partial charge in [0.1, 0.15) is 0 Å². The normalized spacial score (nSPS) is 11.2. The van der Waals surface area contributed by atoms with Crippen molar-refractivity contribution in [2.24, 2.45) is 5.73 Å². The highest BCUT2D eigenvalue weighted by atomic mass is 16.1. The molecule has 2 aromatic rings. The van der Waals surface area contributed by atoms with E-state index in [1.165, 1.54) is 0 Å². The van der Waals surface area contributed by atoms with Gasteiger partial charge in [-0.15, -0.1) is 0 Å². The third-order valence-corrected chi connectivity index (χ3v) is 2.46. The van der Waals surface area contributed by atoms with Gasteiger partial charge < -0.3 is 5.73 Å². The molecule has 0 aliphatic rings. The lowest BCUT2D eigenvalue weighted by atomic mass is 10.1. The highest BCUT2D eigenvalue weighted by Gasteiger charge is 2.10. The standard InChI is InChI=1S/C11H14N4O/c1-6(2)11-8-5-13-7(4-10(12)16)3-9(8)14-15-11/h3,5-6H,4H2,1-2H3,(H2,12,16)(H,14,15). The smallest absolute Gasteiger partial charge is 0.223 e. The molecular weight excluding hydrogens is 204 g/mol. The monoisotopic (exact) mass is 218 g/mol. The van der Waals surface area contributed by atoms with Crippen LogP contribution in [0.4, 0.5) is 0 Å². The summed E-state index contributed by atoms with van der Waals surface area (Å²) in [6.45, 7) is 4.18. The van der Waals surface area contributed by atoms with Gasteiger partial charge >= 0.3 is 0 Å². The van der Waals surface area contributed by atoms with E-state index in [1.807, 2.05) is 0 Å². The molecule has 0 unspecified atom stereocenters.